The molecule has 0 saturated carbocycles. The Morgan fingerprint density at radius 1 is 1.27 bits per heavy atom. The molecule has 0 aliphatic carbocycles. The summed E-state index contributed by atoms with van der Waals surface area (Å²) in [7, 11) is 0. The molecular weight excluding hydrogens is 402 g/mol. The second kappa shape index (κ2) is 9.43. The Balaban J connectivity index is 1.17. The molecule has 4 rings (SSSR count). The van der Waals surface area contributed by atoms with Crippen molar-refractivity contribution >= 4 is 35.2 Å². The number of nitrogens with zero attached hydrogens (tertiary/aromatic N) is 2. The van der Waals surface area contributed by atoms with Gasteiger partial charge in [0, 0.05) is 30.5 Å². The number of thioether (sulfide) groups is 1. The average molecular weight is 434 g/mol. The van der Waals surface area contributed by atoms with E-state index in [1.54, 1.807) is 6.20 Å². The highest BCUT2D eigenvalue weighted by molar-refractivity contribution is 8.00. The van der Waals surface area contributed by atoms with Crippen LogP contribution in [0, 0.1) is 0 Å². The Labute approximate surface area is 181 Å². The van der Waals surface area contributed by atoms with Gasteiger partial charge in [0.05, 0.1) is 36.2 Å². The molecular formula is C21H31N5O3S. The first-order chi connectivity index (χ1) is 14.5. The zero-order valence-electron chi connectivity index (χ0n) is 17.6. The van der Waals surface area contributed by atoms with Crippen molar-refractivity contribution in [3.05, 3.63) is 18.3 Å². The molecule has 1 aromatic rings. The lowest BCUT2D eigenvalue weighted by Crippen LogP contribution is -2.45. The highest BCUT2D eigenvalue weighted by Gasteiger charge is 2.42. The molecule has 9 heteroatoms. The molecule has 3 aliphatic rings. The van der Waals surface area contributed by atoms with Gasteiger partial charge >= 0.3 is 6.03 Å². The first-order valence-corrected chi connectivity index (χ1v) is 11.9. The van der Waals surface area contributed by atoms with Crippen LogP contribution in [-0.2, 0) is 9.53 Å². The van der Waals surface area contributed by atoms with Gasteiger partial charge in [-0.05, 0) is 38.8 Å². The minimum absolute atomic E-state index is 0.0194. The molecule has 3 saturated heterocycles. The molecule has 1 aromatic heterocycles. The maximum atomic E-state index is 12.3. The zero-order chi connectivity index (χ0) is 21.1. The summed E-state index contributed by atoms with van der Waals surface area (Å²) in [5.41, 5.74) is 0.729. The van der Waals surface area contributed by atoms with Crippen LogP contribution in [0.15, 0.2) is 18.3 Å². The van der Waals surface area contributed by atoms with Gasteiger partial charge in [0.25, 0.3) is 0 Å². The third-order valence-corrected chi connectivity index (χ3v) is 7.36. The van der Waals surface area contributed by atoms with Gasteiger partial charge in [-0.3, -0.25) is 4.79 Å². The molecule has 4 heterocycles. The smallest absolute Gasteiger partial charge is 0.315 e. The van der Waals surface area contributed by atoms with Gasteiger partial charge in [-0.1, -0.05) is 6.42 Å². The van der Waals surface area contributed by atoms with Crippen LogP contribution in [-0.4, -0.2) is 65.3 Å². The molecule has 164 valence electrons. The number of nitrogens with one attached hydrogen (secondary N) is 3. The largest absolute Gasteiger partial charge is 0.372 e. The molecule has 8 nitrogen and oxygen atoms in total. The first kappa shape index (κ1) is 21.2. The van der Waals surface area contributed by atoms with Gasteiger partial charge in [0.15, 0.2) is 0 Å². The van der Waals surface area contributed by atoms with E-state index in [4.69, 9.17) is 4.74 Å². The molecule has 3 amide bonds. The standard InChI is InChI=1S/C21H31N5O3S/c1-13-10-26(11-14(2)29-13)18-8-7-15(9-22-18)23-19(27)6-4-3-5-17-20-16(12-30-17)24-21(28)25-20/h7-9,13-14,16-17,20H,3-6,10-12H2,1-2H3,(H,23,27)(H2,24,25,28)/t13-,14+,16-,17-,20-/m0/s1. The van der Waals surface area contributed by atoms with E-state index in [9.17, 15) is 9.59 Å². The number of urea groups is 1. The normalized spacial score (nSPS) is 30.5. The first-order valence-electron chi connectivity index (χ1n) is 10.8. The molecule has 3 aliphatic heterocycles. The number of ether oxygens (including phenoxy) is 1. The van der Waals surface area contributed by atoms with Crippen molar-refractivity contribution in [2.75, 3.05) is 29.1 Å². The van der Waals surface area contributed by atoms with Gasteiger partial charge in [0.1, 0.15) is 5.82 Å². The lowest BCUT2D eigenvalue weighted by molar-refractivity contribution is -0.116. The van der Waals surface area contributed by atoms with Crippen molar-refractivity contribution < 1.29 is 14.3 Å². The average Bonchev–Trinajstić information content (AvgIpc) is 3.24. The van der Waals surface area contributed by atoms with Crippen molar-refractivity contribution in [1.29, 1.82) is 0 Å². The zero-order valence-corrected chi connectivity index (χ0v) is 18.4. The summed E-state index contributed by atoms with van der Waals surface area (Å²) in [6.45, 7) is 5.79. The van der Waals surface area contributed by atoms with Crippen molar-refractivity contribution in [2.45, 2.75) is 69.1 Å². The Hall–Kier alpha value is -2.00. The van der Waals surface area contributed by atoms with Crippen LogP contribution < -0.4 is 20.9 Å². The SMILES string of the molecule is C[C@@H]1CN(c2ccc(NC(=O)CCCC[C@@H]3SC[C@@H]4NC(=O)N[C@@H]43)cn2)C[C@H](C)O1. The lowest BCUT2D eigenvalue weighted by Gasteiger charge is -2.36. The summed E-state index contributed by atoms with van der Waals surface area (Å²) >= 11 is 1.91. The van der Waals surface area contributed by atoms with Gasteiger partial charge in [-0.15, -0.1) is 0 Å². The molecule has 0 aromatic carbocycles. The van der Waals surface area contributed by atoms with E-state index < -0.39 is 0 Å². The molecule has 3 N–H and O–H groups in total. The number of amides is 3. The molecule has 30 heavy (non-hydrogen) atoms. The van der Waals surface area contributed by atoms with Crippen LogP contribution in [0.25, 0.3) is 0 Å². The fourth-order valence-electron chi connectivity index (χ4n) is 4.51. The summed E-state index contributed by atoms with van der Waals surface area (Å²) < 4.78 is 5.77. The topological polar surface area (TPSA) is 95.6 Å². The van der Waals surface area contributed by atoms with Crippen LogP contribution in [0.3, 0.4) is 0 Å². The van der Waals surface area contributed by atoms with Gasteiger partial charge < -0.3 is 25.6 Å². The van der Waals surface area contributed by atoms with E-state index in [1.807, 2.05) is 23.9 Å². The van der Waals surface area contributed by atoms with E-state index in [-0.39, 0.29) is 36.2 Å². The third-order valence-electron chi connectivity index (χ3n) is 5.86. The van der Waals surface area contributed by atoms with E-state index in [1.165, 1.54) is 0 Å². The highest BCUT2D eigenvalue weighted by Crippen LogP contribution is 2.33. The second-order valence-corrected chi connectivity index (χ2v) is 9.76. The summed E-state index contributed by atoms with van der Waals surface area (Å²) in [4.78, 5) is 30.4. The van der Waals surface area contributed by atoms with Gasteiger partial charge in [-0.25, -0.2) is 9.78 Å². The van der Waals surface area contributed by atoms with Crippen molar-refractivity contribution in [1.82, 2.24) is 15.6 Å². The second-order valence-electron chi connectivity index (χ2n) is 8.48. The number of pyridine rings is 1. The van der Waals surface area contributed by atoms with Crippen molar-refractivity contribution in [3.8, 4) is 0 Å². The van der Waals surface area contributed by atoms with Crippen molar-refractivity contribution in [3.63, 3.8) is 0 Å². The maximum Gasteiger partial charge on any atom is 0.315 e. The van der Waals surface area contributed by atoms with Gasteiger partial charge in [-0.2, -0.15) is 11.8 Å². The number of rotatable bonds is 7. The molecule has 5 atom stereocenters. The number of hydrogen-bond donors (Lipinski definition) is 3. The van der Waals surface area contributed by atoms with Crippen LogP contribution >= 0.6 is 11.8 Å². The predicted molar refractivity (Wildman–Crippen MR) is 119 cm³/mol. The highest BCUT2D eigenvalue weighted by atomic mass is 32.2. The molecule has 0 bridgehead atoms. The van der Waals surface area contributed by atoms with Crippen LogP contribution in [0.4, 0.5) is 16.3 Å². The van der Waals surface area contributed by atoms with E-state index in [0.29, 0.717) is 11.7 Å². The summed E-state index contributed by atoms with van der Waals surface area (Å²) in [5.74, 6) is 1.90. The van der Waals surface area contributed by atoms with E-state index in [2.05, 4.69) is 39.7 Å². The summed E-state index contributed by atoms with van der Waals surface area (Å²) in [5, 5.41) is 9.36. The fourth-order valence-corrected chi connectivity index (χ4v) is 6.05. The predicted octanol–water partition coefficient (Wildman–Crippen LogP) is 2.36. The minimum Gasteiger partial charge on any atom is -0.372 e. The number of aromatic nitrogens is 1. The summed E-state index contributed by atoms with van der Waals surface area (Å²) in [6, 6.07) is 4.31. The number of carbonyl (C=O) groups is 2. The van der Waals surface area contributed by atoms with Crippen LogP contribution in [0.2, 0.25) is 0 Å². The molecule has 3 fully saturated rings. The Morgan fingerprint density at radius 3 is 2.80 bits per heavy atom. The number of hydrogen-bond acceptors (Lipinski definition) is 6. The molecule has 0 unspecified atom stereocenters. The number of anilines is 2. The van der Waals surface area contributed by atoms with Crippen molar-refractivity contribution in [2.24, 2.45) is 0 Å². The Bertz CT molecular complexity index is 752. The Morgan fingerprint density at radius 2 is 2.07 bits per heavy atom. The third kappa shape index (κ3) is 5.18. The molecule has 0 spiro atoms. The van der Waals surface area contributed by atoms with Crippen LogP contribution in [0.5, 0.6) is 0 Å². The summed E-state index contributed by atoms with van der Waals surface area (Å²) in [6.07, 6.45) is 5.44. The fraction of sp³-hybridized carbons (Fsp3) is 0.667. The minimum atomic E-state index is -0.0491. The van der Waals surface area contributed by atoms with Crippen LogP contribution in [0.1, 0.15) is 39.5 Å². The van der Waals surface area contributed by atoms with Gasteiger partial charge in [0.2, 0.25) is 5.91 Å². The number of carbonyl (C=O) groups excluding carboxylic acids is 2. The maximum absolute atomic E-state index is 12.3. The van der Waals surface area contributed by atoms with E-state index >= 15 is 0 Å². The quantitative estimate of drug-likeness (QED) is 0.451. The molecule has 0 radical (unpaired) electrons. The number of fused-ring (bicyclic) bond motifs is 1. The number of unbranched alkanes of at least 4 members (excludes halogenated alkanes) is 1. The monoisotopic (exact) mass is 433 g/mol. The number of morpholine rings is 1. The lowest BCUT2D eigenvalue weighted by atomic mass is 10.0. The van der Waals surface area contributed by atoms with E-state index in [0.717, 1.165) is 49.6 Å². The Kier molecular flexibility index (Phi) is 6.67.